The first-order chi connectivity index (χ1) is 10.2. The van der Waals surface area contributed by atoms with E-state index in [0.29, 0.717) is 11.7 Å². The first-order valence-corrected chi connectivity index (χ1v) is 8.41. The van der Waals surface area contributed by atoms with Gasteiger partial charge in [0.15, 0.2) is 0 Å². The van der Waals surface area contributed by atoms with E-state index in [1.165, 1.54) is 0 Å². The Hall–Kier alpha value is -1.04. The second-order valence-electron chi connectivity index (χ2n) is 5.26. The van der Waals surface area contributed by atoms with Crippen LogP contribution in [0.5, 0.6) is 0 Å². The third-order valence-electron chi connectivity index (χ3n) is 4.06. The monoisotopic (exact) mass is 309 g/mol. The summed E-state index contributed by atoms with van der Waals surface area (Å²) in [4.78, 5) is 11.8. The van der Waals surface area contributed by atoms with Gasteiger partial charge in [0.2, 0.25) is 0 Å². The van der Waals surface area contributed by atoms with Crippen molar-refractivity contribution in [2.24, 2.45) is 0 Å². The number of likely N-dealkylation sites (N-methyl/N-ethyl adjacent to an activating group) is 1. The third-order valence-corrected chi connectivity index (χ3v) is 5.44. The maximum absolute atomic E-state index is 11.8. The van der Waals surface area contributed by atoms with Crippen LogP contribution in [0.1, 0.15) is 24.8 Å². The molecule has 2 rings (SSSR count). The molecule has 1 unspecified atom stereocenters. The van der Waals surface area contributed by atoms with Crippen LogP contribution in [0.25, 0.3) is 0 Å². The Balaban J connectivity index is 2.01. The van der Waals surface area contributed by atoms with Gasteiger partial charge in [-0.05, 0) is 37.6 Å². The van der Waals surface area contributed by atoms with E-state index in [-0.39, 0.29) is 0 Å². The zero-order valence-electron chi connectivity index (χ0n) is 12.4. The standard InChI is InChI=1S/C16H23NO3S/c1-17-16(15(18)19,13-5-3-2-4-6-13)9-12-21-14-7-10-20-11-8-14/h2-6,14,17H,7-12H2,1H3,(H,18,19). The van der Waals surface area contributed by atoms with Crippen molar-refractivity contribution in [3.63, 3.8) is 0 Å². The number of hydrogen-bond acceptors (Lipinski definition) is 4. The van der Waals surface area contributed by atoms with Crippen LogP contribution >= 0.6 is 11.8 Å². The van der Waals surface area contributed by atoms with E-state index in [4.69, 9.17) is 4.74 Å². The van der Waals surface area contributed by atoms with E-state index in [2.05, 4.69) is 5.32 Å². The molecule has 1 atom stereocenters. The van der Waals surface area contributed by atoms with Crippen molar-refractivity contribution in [2.45, 2.75) is 30.1 Å². The highest BCUT2D eigenvalue weighted by atomic mass is 32.2. The van der Waals surface area contributed by atoms with Crippen molar-refractivity contribution < 1.29 is 14.6 Å². The molecule has 0 spiro atoms. The Morgan fingerprint density at radius 2 is 2.05 bits per heavy atom. The van der Waals surface area contributed by atoms with E-state index in [1.54, 1.807) is 7.05 Å². The molecule has 0 aliphatic carbocycles. The lowest BCUT2D eigenvalue weighted by Gasteiger charge is -2.30. The predicted molar refractivity (Wildman–Crippen MR) is 85.7 cm³/mol. The quantitative estimate of drug-likeness (QED) is 0.810. The van der Waals surface area contributed by atoms with Gasteiger partial charge in [0.05, 0.1) is 0 Å². The van der Waals surface area contributed by atoms with Crippen LogP contribution in [-0.4, -0.2) is 42.3 Å². The highest BCUT2D eigenvalue weighted by Gasteiger charge is 2.38. The van der Waals surface area contributed by atoms with Crippen LogP contribution in [0.15, 0.2) is 30.3 Å². The van der Waals surface area contributed by atoms with Gasteiger partial charge < -0.3 is 15.2 Å². The smallest absolute Gasteiger partial charge is 0.328 e. The van der Waals surface area contributed by atoms with Crippen molar-refractivity contribution in [3.8, 4) is 0 Å². The molecule has 1 saturated heterocycles. The molecular formula is C16H23NO3S. The molecule has 4 nitrogen and oxygen atoms in total. The lowest BCUT2D eigenvalue weighted by Crippen LogP contribution is -2.48. The van der Waals surface area contributed by atoms with Gasteiger partial charge >= 0.3 is 5.97 Å². The fraction of sp³-hybridized carbons (Fsp3) is 0.562. The van der Waals surface area contributed by atoms with Crippen molar-refractivity contribution in [1.29, 1.82) is 0 Å². The van der Waals surface area contributed by atoms with Gasteiger partial charge in [-0.1, -0.05) is 30.3 Å². The number of thioether (sulfide) groups is 1. The molecule has 0 saturated carbocycles. The van der Waals surface area contributed by atoms with Crippen molar-refractivity contribution in [3.05, 3.63) is 35.9 Å². The first-order valence-electron chi connectivity index (χ1n) is 7.36. The van der Waals surface area contributed by atoms with Crippen LogP contribution in [0.3, 0.4) is 0 Å². The molecule has 0 aromatic heterocycles. The number of rotatable bonds is 7. The molecule has 1 aromatic rings. The molecule has 0 amide bonds. The van der Waals surface area contributed by atoms with Crippen molar-refractivity contribution in [1.82, 2.24) is 5.32 Å². The summed E-state index contributed by atoms with van der Waals surface area (Å²) in [7, 11) is 1.72. The maximum atomic E-state index is 11.8. The fourth-order valence-electron chi connectivity index (χ4n) is 2.69. The number of carboxylic acid groups (broad SMARTS) is 1. The Morgan fingerprint density at radius 1 is 1.38 bits per heavy atom. The Bertz CT molecular complexity index is 448. The molecule has 21 heavy (non-hydrogen) atoms. The summed E-state index contributed by atoms with van der Waals surface area (Å²) < 4.78 is 5.36. The lowest BCUT2D eigenvalue weighted by atomic mass is 9.87. The highest BCUT2D eigenvalue weighted by Crippen LogP contribution is 2.30. The summed E-state index contributed by atoms with van der Waals surface area (Å²) in [6, 6.07) is 9.43. The number of carboxylic acids is 1. The molecule has 1 aliphatic rings. The van der Waals surface area contributed by atoms with Crippen molar-refractivity contribution >= 4 is 17.7 Å². The predicted octanol–water partition coefficient (Wildman–Crippen LogP) is 2.49. The molecule has 1 fully saturated rings. The topological polar surface area (TPSA) is 58.6 Å². The van der Waals surface area contributed by atoms with Crippen LogP contribution in [-0.2, 0) is 15.1 Å². The number of benzene rings is 1. The summed E-state index contributed by atoms with van der Waals surface area (Å²) in [6.07, 6.45) is 2.70. The molecule has 5 heteroatoms. The number of nitrogens with one attached hydrogen (secondary N) is 1. The van der Waals surface area contributed by atoms with Gasteiger partial charge in [-0.3, -0.25) is 0 Å². The molecule has 2 N–H and O–H groups in total. The minimum absolute atomic E-state index is 0.574. The molecule has 0 radical (unpaired) electrons. The number of hydrogen-bond donors (Lipinski definition) is 2. The Labute approximate surface area is 130 Å². The zero-order valence-corrected chi connectivity index (χ0v) is 13.2. The summed E-state index contributed by atoms with van der Waals surface area (Å²) in [5.74, 6) is 0.0101. The van der Waals surface area contributed by atoms with Crippen LogP contribution in [0.4, 0.5) is 0 Å². The van der Waals surface area contributed by atoms with Gasteiger partial charge in [0.25, 0.3) is 0 Å². The summed E-state index contributed by atoms with van der Waals surface area (Å²) >= 11 is 1.87. The summed E-state index contributed by atoms with van der Waals surface area (Å²) in [5.41, 5.74) is -0.188. The lowest BCUT2D eigenvalue weighted by molar-refractivity contribution is -0.145. The number of ether oxygens (including phenoxy) is 1. The van der Waals surface area contributed by atoms with E-state index in [0.717, 1.165) is 37.4 Å². The maximum Gasteiger partial charge on any atom is 0.328 e. The highest BCUT2D eigenvalue weighted by molar-refractivity contribution is 7.99. The normalized spacial score (nSPS) is 19.1. The van der Waals surface area contributed by atoms with Crippen LogP contribution < -0.4 is 5.32 Å². The van der Waals surface area contributed by atoms with Crippen LogP contribution in [0.2, 0.25) is 0 Å². The second kappa shape index (κ2) is 7.82. The minimum atomic E-state index is -1.00. The molecule has 116 valence electrons. The average Bonchev–Trinajstić information content (AvgIpc) is 2.53. The third kappa shape index (κ3) is 3.99. The van der Waals surface area contributed by atoms with Gasteiger partial charge in [-0.15, -0.1) is 0 Å². The van der Waals surface area contributed by atoms with Gasteiger partial charge in [-0.25, -0.2) is 4.79 Å². The fourth-order valence-corrected chi connectivity index (χ4v) is 3.98. The van der Waals surface area contributed by atoms with E-state index < -0.39 is 11.5 Å². The SMILES string of the molecule is CNC(CCSC1CCOCC1)(C(=O)O)c1ccccc1. The van der Waals surface area contributed by atoms with E-state index in [1.807, 2.05) is 42.1 Å². The first kappa shape index (κ1) is 16.3. The molecule has 0 bridgehead atoms. The number of aliphatic carboxylic acids is 1. The largest absolute Gasteiger partial charge is 0.480 e. The molecule has 1 heterocycles. The Morgan fingerprint density at radius 3 is 2.62 bits per heavy atom. The van der Waals surface area contributed by atoms with Gasteiger partial charge in [-0.2, -0.15) is 11.8 Å². The van der Waals surface area contributed by atoms with Crippen LogP contribution in [0, 0.1) is 0 Å². The summed E-state index contributed by atoms with van der Waals surface area (Å²) in [6.45, 7) is 1.65. The van der Waals surface area contributed by atoms with Gasteiger partial charge in [0.1, 0.15) is 5.54 Å². The van der Waals surface area contributed by atoms with E-state index in [9.17, 15) is 9.90 Å². The minimum Gasteiger partial charge on any atom is -0.480 e. The van der Waals surface area contributed by atoms with Gasteiger partial charge in [0, 0.05) is 18.5 Å². The Kier molecular flexibility index (Phi) is 6.08. The average molecular weight is 309 g/mol. The molecule has 1 aromatic carbocycles. The zero-order chi connectivity index (χ0) is 15.1. The second-order valence-corrected chi connectivity index (χ2v) is 6.67. The molecular weight excluding hydrogens is 286 g/mol. The van der Waals surface area contributed by atoms with E-state index >= 15 is 0 Å². The molecule has 1 aliphatic heterocycles. The summed E-state index contributed by atoms with van der Waals surface area (Å²) in [5, 5.41) is 13.3. The van der Waals surface area contributed by atoms with Crippen molar-refractivity contribution in [2.75, 3.05) is 26.0 Å². The number of carbonyl (C=O) groups is 1.